The van der Waals surface area contributed by atoms with E-state index in [0.29, 0.717) is 37.2 Å². The van der Waals surface area contributed by atoms with Crippen LogP contribution in [0.1, 0.15) is 36.8 Å². The molecule has 0 bridgehead atoms. The number of methoxy groups -OCH3 is 1. The predicted molar refractivity (Wildman–Crippen MR) is 179 cm³/mol. The molecule has 3 fully saturated rings. The van der Waals surface area contributed by atoms with Crippen LogP contribution >= 0.6 is 43.5 Å². The SMILES string of the molecule is CCN1C(=O)C2CC=C3C(CC4C(=O)N(c5cccc(Cl)c5)C(=O)C4(c4ccccc4)C3c3cc(OC)c(O)c(Br)c3Br)C2C1=O. The number of hydrogen-bond acceptors (Lipinski definition) is 6. The predicted octanol–water partition coefficient (Wildman–Crippen LogP) is 6.76. The number of allylic oxidation sites excluding steroid dienone is 2. The van der Waals surface area contributed by atoms with E-state index in [1.807, 2.05) is 36.4 Å². The molecule has 0 spiro atoms. The third kappa shape index (κ3) is 4.15. The van der Waals surface area contributed by atoms with Gasteiger partial charge in [0.05, 0.1) is 40.4 Å². The summed E-state index contributed by atoms with van der Waals surface area (Å²) in [5.41, 5.74) is 0.968. The van der Waals surface area contributed by atoms with Gasteiger partial charge in [-0.2, -0.15) is 0 Å². The molecular weight excluding hydrogens is 740 g/mol. The molecule has 8 nitrogen and oxygen atoms in total. The quantitative estimate of drug-likeness (QED) is 0.227. The summed E-state index contributed by atoms with van der Waals surface area (Å²) in [6.45, 7) is 2.05. The first-order valence-electron chi connectivity index (χ1n) is 15.1. The summed E-state index contributed by atoms with van der Waals surface area (Å²) in [5, 5.41) is 11.3. The van der Waals surface area contributed by atoms with E-state index in [0.717, 1.165) is 5.57 Å². The van der Waals surface area contributed by atoms with Crippen molar-refractivity contribution in [3.05, 3.63) is 97.4 Å². The summed E-state index contributed by atoms with van der Waals surface area (Å²) in [4.78, 5) is 59.9. The minimum absolute atomic E-state index is 0.127. The van der Waals surface area contributed by atoms with Gasteiger partial charge in [-0.25, -0.2) is 4.90 Å². The van der Waals surface area contributed by atoms with Crippen molar-refractivity contribution >= 4 is 72.8 Å². The van der Waals surface area contributed by atoms with Crippen molar-refractivity contribution in [1.29, 1.82) is 0 Å². The topological polar surface area (TPSA) is 104 Å². The molecule has 2 saturated heterocycles. The maximum atomic E-state index is 15.3. The Kier molecular flexibility index (Phi) is 7.68. The average Bonchev–Trinajstić information content (AvgIpc) is 3.44. The fourth-order valence-electron chi connectivity index (χ4n) is 8.44. The number of amides is 4. The van der Waals surface area contributed by atoms with Crippen LogP contribution in [0.25, 0.3) is 0 Å². The van der Waals surface area contributed by atoms with Crippen molar-refractivity contribution in [1.82, 2.24) is 4.90 Å². The first-order valence-corrected chi connectivity index (χ1v) is 17.0. The highest BCUT2D eigenvalue weighted by atomic mass is 79.9. The lowest BCUT2D eigenvalue weighted by Gasteiger charge is -2.51. The zero-order valence-electron chi connectivity index (χ0n) is 24.9. The average molecular weight is 769 g/mol. The lowest BCUT2D eigenvalue weighted by molar-refractivity contribution is -0.140. The van der Waals surface area contributed by atoms with E-state index in [2.05, 4.69) is 31.9 Å². The first kappa shape index (κ1) is 31.1. The number of halogens is 3. The van der Waals surface area contributed by atoms with Gasteiger partial charge in [-0.3, -0.25) is 24.1 Å². The van der Waals surface area contributed by atoms with Crippen LogP contribution in [0.15, 0.2) is 81.3 Å². The Bertz CT molecular complexity index is 1860. The number of imide groups is 2. The fourth-order valence-corrected chi connectivity index (χ4v) is 9.58. The van der Waals surface area contributed by atoms with Gasteiger partial charge in [0.15, 0.2) is 11.5 Å². The number of phenols is 1. The molecule has 4 aliphatic rings. The summed E-state index contributed by atoms with van der Waals surface area (Å²) in [6, 6.07) is 17.6. The number of nitrogens with zero attached hydrogens (tertiary/aromatic N) is 2. The minimum Gasteiger partial charge on any atom is -0.503 e. The van der Waals surface area contributed by atoms with Gasteiger partial charge < -0.3 is 9.84 Å². The highest BCUT2D eigenvalue weighted by Gasteiger charge is 2.70. The molecule has 7 rings (SSSR count). The van der Waals surface area contributed by atoms with Crippen LogP contribution in [0, 0.1) is 23.7 Å². The summed E-state index contributed by atoms with van der Waals surface area (Å²) < 4.78 is 6.39. The zero-order valence-corrected chi connectivity index (χ0v) is 28.8. The number of fused-ring (bicyclic) bond motifs is 4. The summed E-state index contributed by atoms with van der Waals surface area (Å²) >= 11 is 13.6. The smallest absolute Gasteiger partial charge is 0.246 e. The van der Waals surface area contributed by atoms with Crippen molar-refractivity contribution in [3.8, 4) is 11.5 Å². The third-order valence-electron chi connectivity index (χ3n) is 10.3. The van der Waals surface area contributed by atoms with E-state index in [9.17, 15) is 19.5 Å². The zero-order chi connectivity index (χ0) is 32.7. The van der Waals surface area contributed by atoms with Gasteiger partial charge in [-0.05, 0) is 92.9 Å². The van der Waals surface area contributed by atoms with Gasteiger partial charge in [0.2, 0.25) is 23.6 Å². The molecule has 0 aromatic heterocycles. The van der Waals surface area contributed by atoms with Gasteiger partial charge in [0.1, 0.15) is 0 Å². The Labute approximate surface area is 287 Å². The van der Waals surface area contributed by atoms with Crippen LogP contribution in [0.3, 0.4) is 0 Å². The number of likely N-dealkylation sites (tertiary alicyclic amines) is 1. The lowest BCUT2D eigenvalue weighted by Crippen LogP contribution is -2.53. The number of anilines is 1. The van der Waals surface area contributed by atoms with Crippen LogP contribution in [-0.2, 0) is 24.6 Å². The first-order chi connectivity index (χ1) is 22.1. The van der Waals surface area contributed by atoms with Gasteiger partial charge in [-0.1, -0.05) is 59.6 Å². The second-order valence-electron chi connectivity index (χ2n) is 12.2. The molecule has 2 aliphatic carbocycles. The van der Waals surface area contributed by atoms with Gasteiger partial charge >= 0.3 is 0 Å². The number of aromatic hydroxyl groups is 1. The normalized spacial score (nSPS) is 28.6. The van der Waals surface area contributed by atoms with E-state index in [4.69, 9.17) is 16.3 Å². The maximum Gasteiger partial charge on any atom is 0.246 e. The van der Waals surface area contributed by atoms with Crippen LogP contribution < -0.4 is 9.64 Å². The van der Waals surface area contributed by atoms with Crippen molar-refractivity contribution in [2.24, 2.45) is 23.7 Å². The van der Waals surface area contributed by atoms with Crippen LogP contribution in [0.2, 0.25) is 5.02 Å². The second kappa shape index (κ2) is 11.3. The van der Waals surface area contributed by atoms with E-state index in [1.165, 1.54) is 16.9 Å². The Morgan fingerprint density at radius 2 is 1.70 bits per heavy atom. The highest BCUT2D eigenvalue weighted by Crippen LogP contribution is 2.66. The lowest BCUT2D eigenvalue weighted by atomic mass is 9.49. The number of ether oxygens (including phenoxy) is 1. The molecule has 2 heterocycles. The number of rotatable bonds is 5. The van der Waals surface area contributed by atoms with Crippen molar-refractivity contribution in [2.75, 3.05) is 18.6 Å². The molecule has 6 atom stereocenters. The molecule has 3 aromatic carbocycles. The molecule has 1 saturated carbocycles. The Hall–Kier alpha value is -3.47. The highest BCUT2D eigenvalue weighted by molar-refractivity contribution is 9.13. The Morgan fingerprint density at radius 1 is 0.957 bits per heavy atom. The maximum absolute atomic E-state index is 15.3. The Balaban J connectivity index is 1.56. The van der Waals surface area contributed by atoms with E-state index < -0.39 is 46.8 Å². The fraction of sp³-hybridized carbons (Fsp3) is 0.314. The van der Waals surface area contributed by atoms with Crippen LogP contribution in [-0.4, -0.2) is 47.3 Å². The summed E-state index contributed by atoms with van der Waals surface area (Å²) in [5.74, 6) is -4.56. The van der Waals surface area contributed by atoms with Gasteiger partial charge in [0, 0.05) is 22.0 Å². The van der Waals surface area contributed by atoms with Crippen LogP contribution in [0.5, 0.6) is 11.5 Å². The van der Waals surface area contributed by atoms with Gasteiger partial charge in [-0.15, -0.1) is 0 Å². The Morgan fingerprint density at radius 3 is 2.37 bits per heavy atom. The molecular formula is C35H29Br2ClN2O6. The number of benzene rings is 3. The van der Waals surface area contributed by atoms with Crippen LogP contribution in [0.4, 0.5) is 5.69 Å². The number of phenolic OH excluding ortho intramolecular Hbond substituents is 1. The molecule has 0 radical (unpaired) electrons. The molecule has 11 heteroatoms. The van der Waals surface area contributed by atoms with E-state index >= 15 is 4.79 Å². The molecule has 46 heavy (non-hydrogen) atoms. The molecule has 3 aromatic rings. The molecule has 1 N–H and O–H groups in total. The second-order valence-corrected chi connectivity index (χ2v) is 14.2. The van der Waals surface area contributed by atoms with E-state index in [1.54, 1.807) is 37.3 Å². The molecule has 236 valence electrons. The summed E-state index contributed by atoms with van der Waals surface area (Å²) in [6.07, 6.45) is 2.53. The minimum atomic E-state index is -1.45. The molecule has 2 aliphatic heterocycles. The molecule has 4 amide bonds. The molecule has 6 unspecified atom stereocenters. The summed E-state index contributed by atoms with van der Waals surface area (Å²) in [7, 11) is 1.44. The van der Waals surface area contributed by atoms with Gasteiger partial charge in [0.25, 0.3) is 0 Å². The number of hydrogen-bond donors (Lipinski definition) is 1. The van der Waals surface area contributed by atoms with Crippen molar-refractivity contribution in [2.45, 2.75) is 31.1 Å². The third-order valence-corrected chi connectivity index (χ3v) is 12.7. The van der Waals surface area contributed by atoms with Crippen molar-refractivity contribution in [3.63, 3.8) is 0 Å². The number of carbonyl (C=O) groups is 4. The largest absolute Gasteiger partial charge is 0.503 e. The van der Waals surface area contributed by atoms with Crippen molar-refractivity contribution < 1.29 is 29.0 Å². The standard InChI is InChI=1S/C35H29Br2ClN2O6/c1-3-39-31(42)21-13-12-20-22(26(21)33(39)44)15-24-32(43)40(19-11-7-10-18(38)14-19)34(45)35(24,17-8-5-4-6-9-17)27(20)23-16-25(46-2)30(41)29(37)28(23)36/h4-12,14,16,21-22,24,26-27,41H,3,13,15H2,1-2H3. The monoisotopic (exact) mass is 766 g/mol. The van der Waals surface area contributed by atoms with E-state index in [-0.39, 0.29) is 36.3 Å². The number of carbonyl (C=O) groups excluding carboxylic acids is 4.